The molecule has 0 aromatic carbocycles. The van der Waals surface area contributed by atoms with Crippen LogP contribution in [0.1, 0.15) is 33.6 Å². The number of esters is 1. The lowest BCUT2D eigenvalue weighted by molar-refractivity contribution is -0.368. The molecule has 0 unspecified atom stereocenters. The van der Waals surface area contributed by atoms with E-state index in [0.29, 0.717) is 13.0 Å². The van der Waals surface area contributed by atoms with Gasteiger partial charge in [0.25, 0.3) is 0 Å². The molecular weight excluding hydrogens is 198 g/mol. The Labute approximate surface area is 89.6 Å². The number of hydrogen-bond acceptors (Lipinski definition) is 4. The van der Waals surface area contributed by atoms with Crippen LogP contribution in [0.15, 0.2) is 0 Å². The molecule has 0 rings (SSSR count). The van der Waals surface area contributed by atoms with Gasteiger partial charge in [0, 0.05) is 0 Å². The van der Waals surface area contributed by atoms with Gasteiger partial charge in [-0.1, -0.05) is 0 Å². The second kappa shape index (κ2) is 5.70. The lowest BCUT2D eigenvalue weighted by atomic mass is 10.0. The van der Waals surface area contributed by atoms with Gasteiger partial charge in [-0.3, -0.25) is 4.79 Å². The zero-order chi connectivity index (χ0) is 12.1. The summed E-state index contributed by atoms with van der Waals surface area (Å²) in [6.45, 7) is 5.67. The van der Waals surface area contributed by atoms with Crippen LogP contribution < -0.4 is 10.8 Å². The van der Waals surface area contributed by atoms with Gasteiger partial charge in [0.15, 0.2) is 0 Å². The van der Waals surface area contributed by atoms with Crippen molar-refractivity contribution in [2.24, 2.45) is 5.92 Å². The summed E-state index contributed by atoms with van der Waals surface area (Å²) < 4.78 is 4.98. The molecule has 0 radical (unpaired) electrons. The molecule has 0 aliphatic rings. The number of hydrogen-bond donors (Lipinski definition) is 1. The molecule has 0 saturated heterocycles. The highest BCUT2D eigenvalue weighted by molar-refractivity contribution is 5.93. The largest absolute Gasteiger partial charge is 0.549 e. The van der Waals surface area contributed by atoms with E-state index in [-0.39, 0.29) is 6.42 Å². The molecule has 0 aromatic rings. The van der Waals surface area contributed by atoms with Crippen molar-refractivity contribution >= 4 is 11.9 Å². The summed E-state index contributed by atoms with van der Waals surface area (Å²) in [7, 11) is 0. The second-order valence-corrected chi connectivity index (χ2v) is 4.40. The number of rotatable bonds is 5. The molecule has 5 heteroatoms. The summed E-state index contributed by atoms with van der Waals surface area (Å²) in [5.41, 5.74) is 2.91. The first-order chi connectivity index (χ1) is 6.78. The minimum atomic E-state index is -1.38. The molecule has 0 aromatic heterocycles. The van der Waals surface area contributed by atoms with Gasteiger partial charge in [0.1, 0.15) is 5.60 Å². The van der Waals surface area contributed by atoms with Crippen molar-refractivity contribution in [3.05, 3.63) is 0 Å². The molecular formula is C10H19NO4. The van der Waals surface area contributed by atoms with Gasteiger partial charge < -0.3 is 20.4 Å². The fraction of sp³-hybridized carbons (Fsp3) is 0.800. The maximum Gasteiger partial charge on any atom is 0.315 e. The van der Waals surface area contributed by atoms with Crippen LogP contribution in [-0.2, 0) is 14.3 Å². The highest BCUT2D eigenvalue weighted by atomic mass is 16.6. The van der Waals surface area contributed by atoms with Crippen LogP contribution in [0.2, 0.25) is 0 Å². The average Bonchev–Trinajstić information content (AvgIpc) is 2.00. The first-order valence-corrected chi connectivity index (χ1v) is 5.01. The Morgan fingerprint density at radius 1 is 1.40 bits per heavy atom. The fourth-order valence-electron chi connectivity index (χ4n) is 1.05. The minimum Gasteiger partial charge on any atom is -0.549 e. The normalized spacial score (nSPS) is 13.3. The van der Waals surface area contributed by atoms with Crippen molar-refractivity contribution in [2.75, 3.05) is 6.54 Å². The van der Waals surface area contributed by atoms with E-state index in [1.165, 1.54) is 0 Å². The average molecular weight is 217 g/mol. The monoisotopic (exact) mass is 217 g/mol. The molecule has 15 heavy (non-hydrogen) atoms. The van der Waals surface area contributed by atoms with Gasteiger partial charge >= 0.3 is 5.97 Å². The lowest BCUT2D eigenvalue weighted by Crippen LogP contribution is -2.50. The third kappa shape index (κ3) is 6.06. The van der Waals surface area contributed by atoms with Gasteiger partial charge in [-0.05, 0) is 33.6 Å². The number of ether oxygens (including phenoxy) is 1. The van der Waals surface area contributed by atoms with Gasteiger partial charge in [-0.15, -0.1) is 0 Å². The van der Waals surface area contributed by atoms with Gasteiger partial charge in [-0.25, -0.2) is 0 Å². The zero-order valence-corrected chi connectivity index (χ0v) is 9.54. The number of quaternary nitrogens is 1. The molecule has 88 valence electrons. The quantitative estimate of drug-likeness (QED) is 0.458. The van der Waals surface area contributed by atoms with E-state index in [4.69, 9.17) is 4.74 Å². The maximum atomic E-state index is 11.4. The van der Waals surface area contributed by atoms with Crippen molar-refractivity contribution in [1.82, 2.24) is 0 Å². The van der Waals surface area contributed by atoms with Gasteiger partial charge in [0.2, 0.25) is 0 Å². The zero-order valence-electron chi connectivity index (χ0n) is 9.54. The molecule has 5 nitrogen and oxygen atoms in total. The predicted molar refractivity (Wildman–Crippen MR) is 51.3 cm³/mol. The molecule has 0 aliphatic heterocycles. The van der Waals surface area contributed by atoms with Crippen molar-refractivity contribution in [3.8, 4) is 0 Å². The van der Waals surface area contributed by atoms with E-state index in [0.717, 1.165) is 0 Å². The molecule has 0 bridgehead atoms. The van der Waals surface area contributed by atoms with Crippen molar-refractivity contribution in [1.29, 1.82) is 0 Å². The van der Waals surface area contributed by atoms with Crippen LogP contribution in [0.5, 0.6) is 0 Å². The standard InChI is InChI=1S/C10H19NO4/c1-10(2,3)15-9(14)7(8(12)13)5-4-6-11/h7H,4-6,11H2,1-3H3,(H,12,13)/t7-/m0/s1. The molecule has 3 N–H and O–H groups in total. The number of carbonyl (C=O) groups excluding carboxylic acids is 2. The molecule has 0 spiro atoms. The van der Waals surface area contributed by atoms with Crippen LogP contribution in [-0.4, -0.2) is 24.1 Å². The Morgan fingerprint density at radius 2 is 1.93 bits per heavy atom. The summed E-state index contributed by atoms with van der Waals surface area (Å²) in [6.07, 6.45) is 0.790. The highest BCUT2D eigenvalue weighted by Crippen LogP contribution is 2.14. The van der Waals surface area contributed by atoms with E-state index in [2.05, 4.69) is 5.73 Å². The van der Waals surface area contributed by atoms with E-state index >= 15 is 0 Å². The molecule has 0 heterocycles. The van der Waals surface area contributed by atoms with Crippen molar-refractivity contribution in [3.63, 3.8) is 0 Å². The second-order valence-electron chi connectivity index (χ2n) is 4.40. The number of carboxylic acids is 1. The molecule has 0 aliphatic carbocycles. The van der Waals surface area contributed by atoms with Crippen LogP contribution in [0, 0.1) is 5.92 Å². The molecule has 0 amide bonds. The Bertz CT molecular complexity index is 232. The maximum absolute atomic E-state index is 11.4. The van der Waals surface area contributed by atoms with Crippen LogP contribution in [0.4, 0.5) is 0 Å². The SMILES string of the molecule is CC(C)(C)OC(=O)[C@@H](CCC[NH3+])C(=O)[O-]. The van der Waals surface area contributed by atoms with Crippen LogP contribution >= 0.6 is 0 Å². The first kappa shape index (κ1) is 13.9. The van der Waals surface area contributed by atoms with E-state index in [1.54, 1.807) is 20.8 Å². The Kier molecular flexibility index (Phi) is 5.28. The lowest BCUT2D eigenvalue weighted by Gasteiger charge is -2.24. The number of carbonyl (C=O) groups is 2. The van der Waals surface area contributed by atoms with Gasteiger partial charge in [-0.2, -0.15) is 0 Å². The summed E-state index contributed by atoms with van der Waals surface area (Å²) in [6, 6.07) is 0. The van der Waals surface area contributed by atoms with E-state index < -0.39 is 23.5 Å². The van der Waals surface area contributed by atoms with E-state index in [9.17, 15) is 14.7 Å². The summed E-state index contributed by atoms with van der Waals surface area (Å²) in [4.78, 5) is 22.1. The molecule has 0 saturated carbocycles. The summed E-state index contributed by atoms with van der Waals surface area (Å²) in [5, 5.41) is 10.7. The Balaban J connectivity index is 4.36. The minimum absolute atomic E-state index is 0.223. The molecule has 0 fully saturated rings. The molecule has 1 atom stereocenters. The summed E-state index contributed by atoms with van der Waals surface area (Å²) >= 11 is 0. The Hall–Kier alpha value is -1.10. The van der Waals surface area contributed by atoms with E-state index in [1.807, 2.05) is 0 Å². The smallest absolute Gasteiger partial charge is 0.315 e. The summed E-state index contributed by atoms with van der Waals surface area (Å²) in [5.74, 6) is -3.28. The predicted octanol–water partition coefficient (Wildman–Crippen LogP) is -1.28. The number of aliphatic carboxylic acids is 1. The highest BCUT2D eigenvalue weighted by Gasteiger charge is 2.25. The topological polar surface area (TPSA) is 94.1 Å². The third-order valence-corrected chi connectivity index (χ3v) is 1.72. The van der Waals surface area contributed by atoms with Crippen LogP contribution in [0.25, 0.3) is 0 Å². The van der Waals surface area contributed by atoms with Crippen LogP contribution in [0.3, 0.4) is 0 Å². The Morgan fingerprint density at radius 3 is 2.27 bits per heavy atom. The van der Waals surface area contributed by atoms with Gasteiger partial charge in [0.05, 0.1) is 18.4 Å². The third-order valence-electron chi connectivity index (χ3n) is 1.72. The van der Waals surface area contributed by atoms with Crippen molar-refractivity contribution in [2.45, 2.75) is 39.2 Å². The van der Waals surface area contributed by atoms with Crippen molar-refractivity contribution < 1.29 is 25.2 Å². The number of carboxylic acid groups (broad SMARTS) is 1. The fourth-order valence-corrected chi connectivity index (χ4v) is 1.05. The first-order valence-electron chi connectivity index (χ1n) is 5.01.